The van der Waals surface area contributed by atoms with Crippen molar-refractivity contribution in [2.75, 3.05) is 24.6 Å². The van der Waals surface area contributed by atoms with E-state index in [-0.39, 0.29) is 29.1 Å². The van der Waals surface area contributed by atoms with Crippen molar-refractivity contribution in [1.82, 2.24) is 15.0 Å². The zero-order valence-corrected chi connectivity index (χ0v) is 19.7. The highest BCUT2D eigenvalue weighted by atomic mass is 16.5. The number of esters is 1. The first-order chi connectivity index (χ1) is 17.0. The lowest BCUT2D eigenvalue weighted by molar-refractivity contribution is -0.148. The lowest BCUT2D eigenvalue weighted by Crippen LogP contribution is -2.41. The van der Waals surface area contributed by atoms with Crippen LogP contribution >= 0.6 is 0 Å². The quantitative estimate of drug-likeness (QED) is 0.566. The third-order valence-corrected chi connectivity index (χ3v) is 6.75. The Morgan fingerprint density at radius 1 is 1.23 bits per heavy atom. The minimum absolute atomic E-state index is 0.00712. The van der Waals surface area contributed by atoms with Gasteiger partial charge in [0.15, 0.2) is 11.4 Å². The second-order valence-electron chi connectivity index (χ2n) is 9.14. The van der Waals surface area contributed by atoms with E-state index in [1.165, 1.54) is 0 Å². The highest BCUT2D eigenvalue weighted by Gasteiger charge is 2.30. The number of Topliss-reactive ketones (excluding diaryl/α,β-unsaturated/α-hetero) is 1. The van der Waals surface area contributed by atoms with Gasteiger partial charge in [0.2, 0.25) is 5.95 Å². The van der Waals surface area contributed by atoms with Crippen LogP contribution in [0, 0.1) is 11.8 Å². The van der Waals surface area contributed by atoms with E-state index < -0.39 is 0 Å². The molecule has 2 aliphatic rings. The number of hydrogen-bond donors (Lipinski definition) is 1. The Bertz CT molecular complexity index is 1350. The van der Waals surface area contributed by atoms with Crippen LogP contribution in [0.25, 0.3) is 17.1 Å². The second kappa shape index (κ2) is 9.82. The van der Waals surface area contributed by atoms with Crippen molar-refractivity contribution in [2.24, 2.45) is 11.8 Å². The van der Waals surface area contributed by atoms with Crippen LogP contribution in [0.5, 0.6) is 0 Å². The predicted molar refractivity (Wildman–Crippen MR) is 133 cm³/mol. The normalized spacial score (nSPS) is 20.3. The fourth-order valence-electron chi connectivity index (χ4n) is 5.01. The largest absolute Gasteiger partial charge is 0.466 e. The van der Waals surface area contributed by atoms with Gasteiger partial charge in [0.05, 0.1) is 17.9 Å². The van der Waals surface area contributed by atoms with Crippen LogP contribution in [0.3, 0.4) is 0 Å². The molecule has 2 aromatic heterocycles. The fraction of sp³-hybridized carbons (Fsp3) is 0.370. The SMILES string of the molecule is CCOC(=O)[C@@H]1CCCN(c2nc3ncc4c(c3c(=O)[nH]2)C[C@@H](/C=C/c2ccccc2)CC4=O)C1. The van der Waals surface area contributed by atoms with Crippen molar-refractivity contribution in [3.8, 4) is 0 Å². The number of carbonyl (C=O) groups is 2. The summed E-state index contributed by atoms with van der Waals surface area (Å²) in [5.41, 5.74) is 2.28. The molecule has 1 aliphatic heterocycles. The summed E-state index contributed by atoms with van der Waals surface area (Å²) >= 11 is 0. The molecule has 0 spiro atoms. The number of benzene rings is 1. The summed E-state index contributed by atoms with van der Waals surface area (Å²) in [7, 11) is 0. The number of H-pyrrole nitrogens is 1. The summed E-state index contributed by atoms with van der Waals surface area (Å²) in [5, 5.41) is 0.372. The van der Waals surface area contributed by atoms with Gasteiger partial charge in [0, 0.05) is 31.3 Å². The fourth-order valence-corrected chi connectivity index (χ4v) is 5.01. The number of aromatic amines is 1. The van der Waals surface area contributed by atoms with Crippen LogP contribution < -0.4 is 10.5 Å². The molecular weight excluding hydrogens is 444 g/mol. The number of nitrogens with one attached hydrogen (secondary N) is 1. The number of anilines is 1. The van der Waals surface area contributed by atoms with Gasteiger partial charge in [-0.1, -0.05) is 42.5 Å². The van der Waals surface area contributed by atoms with Crippen LogP contribution in [0.2, 0.25) is 0 Å². The number of carbonyl (C=O) groups excluding carboxylic acids is 2. The Morgan fingerprint density at radius 2 is 2.06 bits per heavy atom. The van der Waals surface area contributed by atoms with Gasteiger partial charge in [-0.05, 0) is 43.2 Å². The predicted octanol–water partition coefficient (Wildman–Crippen LogP) is 3.56. The first-order valence-electron chi connectivity index (χ1n) is 12.1. The van der Waals surface area contributed by atoms with Gasteiger partial charge in [-0.15, -0.1) is 0 Å². The van der Waals surface area contributed by atoms with E-state index in [1.807, 2.05) is 47.4 Å². The standard InChI is InChI=1S/C27H28N4O4/c1-2-35-26(34)19-9-6-12-31(16-19)27-29-24-23(25(33)30-27)20-13-18(14-22(32)21(20)15-28-24)11-10-17-7-4-3-5-8-17/h3-5,7-8,10-11,15,18-19H,2,6,9,12-14,16H2,1H3,(H,28,29,30,33)/b11-10+/t18-,19-/m1/s1. The lowest BCUT2D eigenvalue weighted by atomic mass is 9.82. The van der Waals surface area contributed by atoms with Crippen LogP contribution in [0.4, 0.5) is 5.95 Å². The molecule has 1 aromatic carbocycles. The first-order valence-corrected chi connectivity index (χ1v) is 12.1. The third-order valence-electron chi connectivity index (χ3n) is 6.75. The number of pyridine rings is 1. The molecule has 0 radical (unpaired) electrons. The summed E-state index contributed by atoms with van der Waals surface area (Å²) in [6, 6.07) is 9.93. The van der Waals surface area contributed by atoms with Crippen LogP contribution in [0.1, 0.15) is 47.7 Å². The van der Waals surface area contributed by atoms with Crippen molar-refractivity contribution < 1.29 is 14.3 Å². The van der Waals surface area contributed by atoms with Gasteiger partial charge in [-0.3, -0.25) is 19.4 Å². The zero-order valence-electron chi connectivity index (χ0n) is 19.7. The minimum Gasteiger partial charge on any atom is -0.466 e. The molecule has 3 aromatic rings. The van der Waals surface area contributed by atoms with E-state index in [0.717, 1.165) is 18.4 Å². The maximum Gasteiger partial charge on any atom is 0.310 e. The van der Waals surface area contributed by atoms with Crippen LogP contribution in [-0.2, 0) is 16.0 Å². The average Bonchev–Trinajstić information content (AvgIpc) is 2.88. The molecule has 3 heterocycles. The number of nitrogens with zero attached hydrogens (tertiary/aromatic N) is 3. The number of rotatable bonds is 5. The van der Waals surface area contributed by atoms with Crippen molar-refractivity contribution in [1.29, 1.82) is 0 Å². The van der Waals surface area contributed by atoms with Gasteiger partial charge in [-0.2, -0.15) is 4.98 Å². The van der Waals surface area contributed by atoms with E-state index in [9.17, 15) is 14.4 Å². The van der Waals surface area contributed by atoms with E-state index >= 15 is 0 Å². The minimum atomic E-state index is -0.312. The summed E-state index contributed by atoms with van der Waals surface area (Å²) in [5.74, 6) is -0.101. The summed E-state index contributed by atoms with van der Waals surface area (Å²) in [6.45, 7) is 3.25. The Balaban J connectivity index is 1.45. The molecule has 35 heavy (non-hydrogen) atoms. The summed E-state index contributed by atoms with van der Waals surface area (Å²) in [4.78, 5) is 52.1. The third kappa shape index (κ3) is 4.73. The molecule has 180 valence electrons. The van der Waals surface area contributed by atoms with Gasteiger partial charge in [0.1, 0.15) is 0 Å². The molecule has 0 saturated carbocycles. The molecule has 5 rings (SSSR count). The molecule has 1 N–H and O–H groups in total. The molecule has 0 amide bonds. The van der Waals surface area contributed by atoms with Crippen molar-refractivity contribution in [3.63, 3.8) is 0 Å². The summed E-state index contributed by atoms with van der Waals surface area (Å²) in [6.07, 6.45) is 8.11. The number of aromatic nitrogens is 3. The number of ketones is 1. The zero-order chi connectivity index (χ0) is 24.4. The van der Waals surface area contributed by atoms with Gasteiger partial charge < -0.3 is 9.64 Å². The van der Waals surface area contributed by atoms with E-state index in [1.54, 1.807) is 13.1 Å². The molecule has 2 atom stereocenters. The summed E-state index contributed by atoms with van der Waals surface area (Å²) < 4.78 is 5.18. The van der Waals surface area contributed by atoms with E-state index in [0.29, 0.717) is 60.6 Å². The molecule has 1 saturated heterocycles. The molecule has 0 bridgehead atoms. The van der Waals surface area contributed by atoms with Crippen LogP contribution in [-0.4, -0.2) is 46.4 Å². The Hall–Kier alpha value is -3.81. The topological polar surface area (TPSA) is 105 Å². The first kappa shape index (κ1) is 23.0. The number of allylic oxidation sites excluding steroid dienone is 1. The Kier molecular flexibility index (Phi) is 6.44. The highest BCUT2D eigenvalue weighted by molar-refractivity contribution is 6.02. The number of hydrogen-bond acceptors (Lipinski definition) is 7. The number of piperidine rings is 1. The number of fused-ring (bicyclic) bond motifs is 3. The van der Waals surface area contributed by atoms with Crippen molar-refractivity contribution >= 4 is 34.8 Å². The van der Waals surface area contributed by atoms with Crippen molar-refractivity contribution in [3.05, 3.63) is 69.6 Å². The molecular formula is C27H28N4O4. The highest BCUT2D eigenvalue weighted by Crippen LogP contribution is 2.30. The van der Waals surface area contributed by atoms with Gasteiger partial charge >= 0.3 is 5.97 Å². The van der Waals surface area contributed by atoms with Gasteiger partial charge in [0.25, 0.3) is 5.56 Å². The van der Waals surface area contributed by atoms with Crippen LogP contribution in [0.15, 0.2) is 47.4 Å². The maximum absolute atomic E-state index is 13.2. The molecule has 8 heteroatoms. The molecule has 1 aliphatic carbocycles. The maximum atomic E-state index is 13.2. The van der Waals surface area contributed by atoms with E-state index in [4.69, 9.17) is 4.74 Å². The van der Waals surface area contributed by atoms with Crippen molar-refractivity contribution in [2.45, 2.75) is 32.6 Å². The van der Waals surface area contributed by atoms with E-state index in [2.05, 4.69) is 15.0 Å². The Morgan fingerprint density at radius 3 is 2.86 bits per heavy atom. The second-order valence-corrected chi connectivity index (χ2v) is 9.14. The Labute approximate surface area is 203 Å². The number of ether oxygens (including phenoxy) is 1. The average molecular weight is 473 g/mol. The lowest BCUT2D eigenvalue weighted by Gasteiger charge is -2.32. The smallest absolute Gasteiger partial charge is 0.310 e. The molecule has 1 fully saturated rings. The molecule has 8 nitrogen and oxygen atoms in total. The molecule has 0 unspecified atom stereocenters. The monoisotopic (exact) mass is 472 g/mol. The van der Waals surface area contributed by atoms with Gasteiger partial charge in [-0.25, -0.2) is 4.98 Å².